The van der Waals surface area contributed by atoms with Crippen LogP contribution in [0, 0.1) is 0 Å². The molecule has 2 aromatic carbocycles. The Balaban J connectivity index is 1.53. The van der Waals surface area contributed by atoms with Gasteiger partial charge in [0.15, 0.2) is 6.23 Å². The molecule has 45 heavy (non-hydrogen) atoms. The van der Waals surface area contributed by atoms with Crippen LogP contribution in [0.1, 0.15) is 45.8 Å². The molecular formula is C28H33N6O10P. The molecule has 1 aliphatic heterocycles. The molecule has 17 heteroatoms. The number of rotatable bonds is 11. The van der Waals surface area contributed by atoms with E-state index in [0.29, 0.717) is 22.8 Å². The third kappa shape index (κ3) is 6.40. The second-order valence-electron chi connectivity index (χ2n) is 11.2. The van der Waals surface area contributed by atoms with Gasteiger partial charge in [-0.15, -0.1) is 0 Å². The molecule has 2 aliphatic rings. The average Bonchev–Trinajstić information content (AvgIpc) is 3.56. The number of nitrogens with zero attached hydrogens (tertiary/aromatic N) is 4. The molecule has 0 amide bonds. The number of benzene rings is 2. The number of fused-ring (bicyclic) bond motifs is 1. The second kappa shape index (κ2) is 12.8. The normalized spacial score (nSPS) is 25.5. The number of aliphatic hydroxyl groups is 2. The lowest BCUT2D eigenvalue weighted by molar-refractivity contribution is -0.155. The predicted molar refractivity (Wildman–Crippen MR) is 159 cm³/mol. The molecule has 1 saturated carbocycles. The van der Waals surface area contributed by atoms with Crippen LogP contribution in [0.3, 0.4) is 0 Å². The van der Waals surface area contributed by atoms with Crippen LogP contribution in [0.25, 0.3) is 21.2 Å². The lowest BCUT2D eigenvalue weighted by Crippen LogP contribution is -2.51. The van der Waals surface area contributed by atoms with E-state index in [-0.39, 0.29) is 18.6 Å². The molecule has 1 aliphatic carbocycles. The Morgan fingerprint density at radius 1 is 1.20 bits per heavy atom. The summed E-state index contributed by atoms with van der Waals surface area (Å²) in [4.78, 5) is 43.2. The summed E-state index contributed by atoms with van der Waals surface area (Å²) in [6.07, 6.45) is -3.55. The molecule has 1 unspecified atom stereocenters. The van der Waals surface area contributed by atoms with Gasteiger partial charge >= 0.3 is 19.4 Å². The topological polar surface area (TPSA) is 227 Å². The molecular weight excluding hydrogens is 611 g/mol. The second-order valence-corrected chi connectivity index (χ2v) is 12.8. The van der Waals surface area contributed by atoms with Gasteiger partial charge in [0, 0.05) is 22.6 Å². The van der Waals surface area contributed by atoms with Gasteiger partial charge in [-0.25, -0.2) is 13.9 Å². The van der Waals surface area contributed by atoms with Crippen LogP contribution in [0.4, 0.5) is 0 Å². The number of hydrogen-bond acceptors (Lipinski definition) is 11. The number of aliphatic hydroxyl groups excluding tert-OH is 2. The molecule has 240 valence electrons. The molecule has 2 heterocycles. The third-order valence-electron chi connectivity index (χ3n) is 7.71. The maximum atomic E-state index is 14.7. The van der Waals surface area contributed by atoms with Crippen molar-refractivity contribution in [2.24, 2.45) is 5.11 Å². The molecule has 3 aromatic rings. The molecule has 5 atom stereocenters. The number of carbonyl (C=O) groups excluding carboxylic acids is 1. The van der Waals surface area contributed by atoms with Crippen molar-refractivity contribution >= 4 is 24.5 Å². The highest BCUT2D eigenvalue weighted by Gasteiger charge is 2.58. The number of hydrogen-bond donors (Lipinski definition) is 4. The van der Waals surface area contributed by atoms with E-state index in [4.69, 9.17) is 18.5 Å². The minimum absolute atomic E-state index is 0.125. The van der Waals surface area contributed by atoms with E-state index >= 15 is 0 Å². The number of ether oxygens (including phenoxy) is 2. The van der Waals surface area contributed by atoms with Crippen LogP contribution in [-0.4, -0.2) is 61.9 Å². The molecule has 2 fully saturated rings. The van der Waals surface area contributed by atoms with Crippen LogP contribution < -0.4 is 20.9 Å². The van der Waals surface area contributed by atoms with Gasteiger partial charge in [-0.1, -0.05) is 54.4 Å². The van der Waals surface area contributed by atoms with Crippen LogP contribution in [0.5, 0.6) is 5.75 Å². The van der Waals surface area contributed by atoms with E-state index in [1.54, 1.807) is 38.1 Å². The van der Waals surface area contributed by atoms with Gasteiger partial charge in [0.05, 0.1) is 12.7 Å². The maximum Gasteiger partial charge on any atom is 0.459 e. The summed E-state index contributed by atoms with van der Waals surface area (Å²) in [5.74, 6) is -0.541. The van der Waals surface area contributed by atoms with E-state index < -0.39 is 67.4 Å². The zero-order chi connectivity index (χ0) is 32.4. The van der Waals surface area contributed by atoms with E-state index in [1.165, 1.54) is 0 Å². The fourth-order valence-corrected chi connectivity index (χ4v) is 7.33. The van der Waals surface area contributed by atoms with Gasteiger partial charge in [0.2, 0.25) is 5.72 Å². The van der Waals surface area contributed by atoms with Crippen LogP contribution >= 0.6 is 7.75 Å². The number of H-pyrrole nitrogens is 1. The van der Waals surface area contributed by atoms with Gasteiger partial charge in [-0.2, -0.15) is 5.09 Å². The van der Waals surface area contributed by atoms with Crippen LogP contribution in [0.2, 0.25) is 0 Å². The minimum Gasteiger partial charge on any atom is -0.462 e. The lowest BCUT2D eigenvalue weighted by atomic mass is 10.00. The smallest absolute Gasteiger partial charge is 0.459 e. The van der Waals surface area contributed by atoms with Crippen molar-refractivity contribution in [2.45, 2.75) is 75.3 Å². The Labute approximate surface area is 256 Å². The van der Waals surface area contributed by atoms with Crippen LogP contribution in [0.15, 0.2) is 69.4 Å². The van der Waals surface area contributed by atoms with E-state index in [0.717, 1.165) is 17.6 Å². The quantitative estimate of drug-likeness (QED) is 0.0780. The number of carbonyl (C=O) groups is 1. The maximum absolute atomic E-state index is 14.7. The molecule has 0 spiro atoms. The summed E-state index contributed by atoms with van der Waals surface area (Å²) >= 11 is 0. The Kier molecular flexibility index (Phi) is 9.19. The van der Waals surface area contributed by atoms with Gasteiger partial charge in [-0.3, -0.25) is 14.1 Å². The van der Waals surface area contributed by atoms with Crippen molar-refractivity contribution in [3.63, 3.8) is 0 Å². The number of esters is 1. The highest BCUT2D eigenvalue weighted by atomic mass is 31.2. The fraction of sp³-hybridized carbons (Fsp3) is 0.464. The first-order valence-corrected chi connectivity index (χ1v) is 15.8. The summed E-state index contributed by atoms with van der Waals surface area (Å²) in [6, 6.07) is 13.1. The third-order valence-corrected chi connectivity index (χ3v) is 9.32. The number of azide groups is 1. The van der Waals surface area contributed by atoms with Crippen LogP contribution in [-0.2, 0) is 23.4 Å². The number of nitrogens with one attached hydrogen (secondary N) is 2. The van der Waals surface area contributed by atoms with Gasteiger partial charge in [0.25, 0.3) is 5.56 Å². The largest absolute Gasteiger partial charge is 0.462 e. The summed E-state index contributed by atoms with van der Waals surface area (Å²) < 4.78 is 38.2. The Morgan fingerprint density at radius 2 is 1.91 bits per heavy atom. The molecule has 16 nitrogen and oxygen atoms in total. The first-order chi connectivity index (χ1) is 21.4. The van der Waals surface area contributed by atoms with Crippen molar-refractivity contribution < 1.29 is 38.1 Å². The highest BCUT2D eigenvalue weighted by Crippen LogP contribution is 2.52. The number of aromatic nitrogens is 2. The zero-order valence-electron chi connectivity index (χ0n) is 24.4. The molecule has 5 rings (SSSR count). The van der Waals surface area contributed by atoms with Crippen molar-refractivity contribution in [3.05, 3.63) is 86.0 Å². The van der Waals surface area contributed by atoms with E-state index in [9.17, 15) is 34.7 Å². The first-order valence-electron chi connectivity index (χ1n) is 14.3. The Morgan fingerprint density at radius 3 is 2.60 bits per heavy atom. The summed E-state index contributed by atoms with van der Waals surface area (Å²) in [5, 5.41) is 29.5. The molecule has 0 bridgehead atoms. The van der Waals surface area contributed by atoms with Crippen molar-refractivity contribution in [2.75, 3.05) is 6.61 Å². The summed E-state index contributed by atoms with van der Waals surface area (Å²) in [7, 11) is -4.68. The molecule has 1 aromatic heterocycles. The Hall–Kier alpha value is -4.01. The van der Waals surface area contributed by atoms with E-state index in [1.807, 2.05) is 18.2 Å². The lowest BCUT2D eigenvalue weighted by Gasteiger charge is -2.34. The SMILES string of the molecule is CC(C)OC(=O)C1(NP(=O)(OC[C@@]2(N=[N+]=[N-])O[C@@H](n3c(=O)cc[nH]c3=O)[C@H](O)[C@@H]2O)Oc2cccc3ccccc23)CCCC1. The zero-order valence-corrected chi connectivity index (χ0v) is 25.3. The standard InChI is InChI=1S/C28H33N6O10P/c1-17(2)42-25(38)27(13-5-6-14-27)32-45(40,44-20-11-7-9-18-8-3-4-10-19(18)20)41-16-28(31-33-29)23(37)22(36)24(43-28)34-21(35)12-15-30-26(34)39/h3-4,7-12,15,17,22-24,36-37H,5-6,13-14,16H2,1-2H3,(H,30,39)(H,32,40)/t22-,23+,24-,28-,45?/m1/s1. The number of aromatic amines is 1. The summed E-state index contributed by atoms with van der Waals surface area (Å²) in [6.45, 7) is 2.35. The minimum atomic E-state index is -4.68. The monoisotopic (exact) mass is 644 g/mol. The highest BCUT2D eigenvalue weighted by molar-refractivity contribution is 7.52. The summed E-state index contributed by atoms with van der Waals surface area (Å²) in [5.41, 5.74) is 3.56. The first kappa shape index (κ1) is 32.4. The molecule has 1 saturated heterocycles. The average molecular weight is 645 g/mol. The van der Waals surface area contributed by atoms with Gasteiger partial charge < -0.3 is 29.2 Å². The van der Waals surface area contributed by atoms with Crippen molar-refractivity contribution in [3.8, 4) is 5.75 Å². The predicted octanol–water partition coefficient (Wildman–Crippen LogP) is 3.00. The Bertz CT molecular complexity index is 1750. The molecule has 0 radical (unpaired) electrons. The molecule has 4 N–H and O–H groups in total. The van der Waals surface area contributed by atoms with Gasteiger partial charge in [0.1, 0.15) is 23.5 Å². The van der Waals surface area contributed by atoms with E-state index in [2.05, 4.69) is 20.1 Å². The fourth-order valence-electron chi connectivity index (χ4n) is 5.55. The van der Waals surface area contributed by atoms with Crippen molar-refractivity contribution in [1.82, 2.24) is 14.6 Å². The van der Waals surface area contributed by atoms with Gasteiger partial charge in [-0.05, 0) is 43.7 Å². The van der Waals surface area contributed by atoms with Crippen molar-refractivity contribution in [1.29, 1.82) is 0 Å².